The number of hydrogen-bond acceptors (Lipinski definition) is 4. The SMILES string of the molecule is CCCCCCCCCCC(CC(=O)OCC)C(=O)OCC. The second kappa shape index (κ2) is 14.9. The molecule has 0 aliphatic rings. The van der Waals surface area contributed by atoms with Gasteiger partial charge in [-0.25, -0.2) is 0 Å². The summed E-state index contributed by atoms with van der Waals surface area (Å²) in [5.74, 6) is -0.919. The third-order valence-corrected chi connectivity index (χ3v) is 3.74. The highest BCUT2D eigenvalue weighted by molar-refractivity contribution is 5.79. The lowest BCUT2D eigenvalue weighted by Crippen LogP contribution is -2.22. The van der Waals surface area contributed by atoms with Gasteiger partial charge in [-0.1, -0.05) is 58.3 Å². The molecule has 0 aromatic heterocycles. The minimum absolute atomic E-state index is 0.142. The van der Waals surface area contributed by atoms with Crippen LogP contribution in [0.3, 0.4) is 0 Å². The number of ether oxygens (including phenoxy) is 2. The van der Waals surface area contributed by atoms with E-state index in [9.17, 15) is 9.59 Å². The van der Waals surface area contributed by atoms with Crippen LogP contribution in [-0.2, 0) is 19.1 Å². The molecule has 0 heterocycles. The van der Waals surface area contributed by atoms with Gasteiger partial charge in [0.1, 0.15) is 0 Å². The second-order valence-electron chi connectivity index (χ2n) is 5.72. The molecule has 4 heteroatoms. The van der Waals surface area contributed by atoms with Gasteiger partial charge in [-0.05, 0) is 20.3 Å². The molecule has 0 bridgehead atoms. The number of esters is 2. The molecule has 0 rings (SSSR count). The minimum atomic E-state index is -0.348. The first kappa shape index (κ1) is 20.9. The van der Waals surface area contributed by atoms with Crippen LogP contribution in [0.25, 0.3) is 0 Å². The molecular formula is C18H34O4. The highest BCUT2D eigenvalue weighted by Gasteiger charge is 2.23. The Bertz CT molecular complexity index is 289. The smallest absolute Gasteiger partial charge is 0.309 e. The van der Waals surface area contributed by atoms with Gasteiger partial charge in [0.15, 0.2) is 0 Å². The lowest BCUT2D eigenvalue weighted by atomic mass is 9.97. The van der Waals surface area contributed by atoms with Crippen molar-refractivity contribution in [1.82, 2.24) is 0 Å². The maximum atomic E-state index is 11.9. The van der Waals surface area contributed by atoms with E-state index in [1.807, 2.05) is 0 Å². The normalized spacial score (nSPS) is 12.0. The first-order valence-electron chi connectivity index (χ1n) is 8.97. The minimum Gasteiger partial charge on any atom is -0.466 e. The van der Waals surface area contributed by atoms with Crippen LogP contribution in [0.15, 0.2) is 0 Å². The molecule has 0 amide bonds. The van der Waals surface area contributed by atoms with Crippen LogP contribution >= 0.6 is 0 Å². The van der Waals surface area contributed by atoms with E-state index >= 15 is 0 Å². The van der Waals surface area contributed by atoms with Crippen molar-refractivity contribution in [1.29, 1.82) is 0 Å². The number of carbonyl (C=O) groups is 2. The van der Waals surface area contributed by atoms with Crippen molar-refractivity contribution in [3.05, 3.63) is 0 Å². The van der Waals surface area contributed by atoms with Crippen molar-refractivity contribution >= 4 is 11.9 Å². The molecule has 0 spiro atoms. The molecule has 0 radical (unpaired) electrons. The molecule has 0 fully saturated rings. The summed E-state index contributed by atoms with van der Waals surface area (Å²) in [5.41, 5.74) is 0. The van der Waals surface area contributed by atoms with E-state index in [0.717, 1.165) is 12.8 Å². The number of rotatable bonds is 14. The Morgan fingerprint density at radius 1 is 0.773 bits per heavy atom. The summed E-state index contributed by atoms with van der Waals surface area (Å²) in [6.07, 6.45) is 10.6. The van der Waals surface area contributed by atoms with Crippen molar-refractivity contribution < 1.29 is 19.1 Å². The molecular weight excluding hydrogens is 280 g/mol. The van der Waals surface area contributed by atoms with Gasteiger partial charge in [0.05, 0.1) is 25.6 Å². The Labute approximate surface area is 135 Å². The maximum absolute atomic E-state index is 11.9. The maximum Gasteiger partial charge on any atom is 0.309 e. The Hall–Kier alpha value is -1.06. The fourth-order valence-electron chi connectivity index (χ4n) is 2.51. The van der Waals surface area contributed by atoms with Crippen LogP contribution < -0.4 is 0 Å². The van der Waals surface area contributed by atoms with Crippen molar-refractivity contribution in [2.45, 2.75) is 85.0 Å². The van der Waals surface area contributed by atoms with Gasteiger partial charge in [0, 0.05) is 0 Å². The second-order valence-corrected chi connectivity index (χ2v) is 5.72. The van der Waals surface area contributed by atoms with Crippen molar-refractivity contribution in [2.75, 3.05) is 13.2 Å². The highest BCUT2D eigenvalue weighted by atomic mass is 16.5. The summed E-state index contributed by atoms with van der Waals surface area (Å²) >= 11 is 0. The first-order valence-corrected chi connectivity index (χ1v) is 8.97. The highest BCUT2D eigenvalue weighted by Crippen LogP contribution is 2.18. The zero-order valence-electron chi connectivity index (χ0n) is 14.7. The molecule has 0 aliphatic carbocycles. The van der Waals surface area contributed by atoms with Gasteiger partial charge in [-0.3, -0.25) is 9.59 Å². The Balaban J connectivity index is 3.92. The third kappa shape index (κ3) is 11.6. The van der Waals surface area contributed by atoms with Crippen LogP contribution in [0.5, 0.6) is 0 Å². The third-order valence-electron chi connectivity index (χ3n) is 3.74. The fourth-order valence-corrected chi connectivity index (χ4v) is 2.51. The van der Waals surface area contributed by atoms with Gasteiger partial charge >= 0.3 is 11.9 Å². The molecule has 4 nitrogen and oxygen atoms in total. The first-order chi connectivity index (χ1) is 10.7. The molecule has 0 saturated carbocycles. The summed E-state index contributed by atoms with van der Waals surface area (Å²) in [4.78, 5) is 23.5. The average molecular weight is 314 g/mol. The van der Waals surface area contributed by atoms with Gasteiger partial charge in [0.2, 0.25) is 0 Å². The lowest BCUT2D eigenvalue weighted by Gasteiger charge is -2.14. The van der Waals surface area contributed by atoms with Crippen molar-refractivity contribution in [3.8, 4) is 0 Å². The van der Waals surface area contributed by atoms with Crippen LogP contribution in [0.2, 0.25) is 0 Å². The molecule has 1 unspecified atom stereocenters. The summed E-state index contributed by atoms with van der Waals surface area (Å²) in [6.45, 7) is 6.49. The van der Waals surface area contributed by atoms with E-state index in [1.54, 1.807) is 13.8 Å². The Morgan fingerprint density at radius 3 is 1.86 bits per heavy atom. The topological polar surface area (TPSA) is 52.6 Å². The zero-order chi connectivity index (χ0) is 16.6. The van der Waals surface area contributed by atoms with Gasteiger partial charge in [-0.2, -0.15) is 0 Å². The predicted molar refractivity (Wildman–Crippen MR) is 88.6 cm³/mol. The number of unbranched alkanes of at least 4 members (excludes halogenated alkanes) is 7. The molecule has 0 aromatic rings. The van der Waals surface area contributed by atoms with E-state index in [2.05, 4.69) is 6.92 Å². The average Bonchev–Trinajstić information content (AvgIpc) is 2.49. The van der Waals surface area contributed by atoms with Gasteiger partial charge in [0.25, 0.3) is 0 Å². The standard InChI is InChI=1S/C18H34O4/c1-4-7-8-9-10-11-12-13-14-16(18(20)22-6-3)15-17(19)21-5-2/h16H,4-15H2,1-3H3. The zero-order valence-corrected chi connectivity index (χ0v) is 14.7. The van der Waals surface area contributed by atoms with Gasteiger partial charge in [-0.15, -0.1) is 0 Å². The molecule has 1 atom stereocenters. The molecule has 0 aliphatic heterocycles. The van der Waals surface area contributed by atoms with E-state index in [1.165, 1.54) is 38.5 Å². The largest absolute Gasteiger partial charge is 0.466 e. The summed E-state index contributed by atoms with van der Waals surface area (Å²) < 4.78 is 10.00. The van der Waals surface area contributed by atoms with Crippen LogP contribution in [-0.4, -0.2) is 25.2 Å². The van der Waals surface area contributed by atoms with E-state index in [-0.39, 0.29) is 24.3 Å². The lowest BCUT2D eigenvalue weighted by molar-refractivity contribution is -0.155. The van der Waals surface area contributed by atoms with Crippen molar-refractivity contribution in [2.24, 2.45) is 5.92 Å². The number of hydrogen-bond donors (Lipinski definition) is 0. The molecule has 0 aromatic carbocycles. The monoisotopic (exact) mass is 314 g/mol. The fraction of sp³-hybridized carbons (Fsp3) is 0.889. The predicted octanol–water partition coefficient (Wildman–Crippen LogP) is 4.65. The van der Waals surface area contributed by atoms with Crippen LogP contribution in [0, 0.1) is 5.92 Å². The molecule has 0 saturated heterocycles. The van der Waals surface area contributed by atoms with E-state index < -0.39 is 0 Å². The summed E-state index contributed by atoms with van der Waals surface area (Å²) in [6, 6.07) is 0. The Morgan fingerprint density at radius 2 is 1.32 bits per heavy atom. The quantitative estimate of drug-likeness (QED) is 0.346. The molecule has 22 heavy (non-hydrogen) atoms. The van der Waals surface area contributed by atoms with Crippen LogP contribution in [0.4, 0.5) is 0 Å². The molecule has 0 N–H and O–H groups in total. The van der Waals surface area contributed by atoms with E-state index in [0.29, 0.717) is 19.6 Å². The summed E-state index contributed by atoms with van der Waals surface area (Å²) in [7, 11) is 0. The van der Waals surface area contributed by atoms with Gasteiger partial charge < -0.3 is 9.47 Å². The number of carbonyl (C=O) groups excluding carboxylic acids is 2. The van der Waals surface area contributed by atoms with Crippen molar-refractivity contribution in [3.63, 3.8) is 0 Å². The van der Waals surface area contributed by atoms with E-state index in [4.69, 9.17) is 9.47 Å². The Kier molecular flexibility index (Phi) is 14.1. The molecule has 130 valence electrons. The van der Waals surface area contributed by atoms with Crippen LogP contribution in [0.1, 0.15) is 85.0 Å². The summed E-state index contributed by atoms with van der Waals surface area (Å²) in [5, 5.41) is 0.